The SMILES string of the molecule is CCC1CN(Cc2cc(F)cc(Br)c2)CCCN1. The highest BCUT2D eigenvalue weighted by molar-refractivity contribution is 9.10. The summed E-state index contributed by atoms with van der Waals surface area (Å²) in [4.78, 5) is 2.41. The van der Waals surface area contributed by atoms with Gasteiger partial charge < -0.3 is 5.32 Å². The van der Waals surface area contributed by atoms with E-state index in [1.54, 1.807) is 6.07 Å². The lowest BCUT2D eigenvalue weighted by Crippen LogP contribution is -2.36. The first-order valence-corrected chi connectivity index (χ1v) is 7.37. The van der Waals surface area contributed by atoms with Crippen LogP contribution in [-0.2, 0) is 6.54 Å². The van der Waals surface area contributed by atoms with Crippen LogP contribution in [0.4, 0.5) is 4.39 Å². The Bertz CT molecular complexity index is 377. The van der Waals surface area contributed by atoms with Crippen LogP contribution in [0.2, 0.25) is 0 Å². The fraction of sp³-hybridized carbons (Fsp3) is 0.571. The van der Waals surface area contributed by atoms with Crippen LogP contribution < -0.4 is 5.32 Å². The second-order valence-corrected chi connectivity index (χ2v) is 5.84. The number of hydrogen-bond acceptors (Lipinski definition) is 2. The van der Waals surface area contributed by atoms with Crippen molar-refractivity contribution in [3.63, 3.8) is 0 Å². The Balaban J connectivity index is 2.02. The minimum Gasteiger partial charge on any atom is -0.313 e. The molecular weight excluding hydrogens is 295 g/mol. The normalized spacial score (nSPS) is 21.8. The molecule has 0 saturated carbocycles. The molecule has 1 aliphatic rings. The van der Waals surface area contributed by atoms with Crippen LogP contribution >= 0.6 is 15.9 Å². The molecule has 1 N–H and O–H groups in total. The minimum absolute atomic E-state index is 0.167. The highest BCUT2D eigenvalue weighted by Crippen LogP contribution is 2.17. The van der Waals surface area contributed by atoms with Gasteiger partial charge in [-0.3, -0.25) is 4.90 Å². The van der Waals surface area contributed by atoms with Gasteiger partial charge in [-0.15, -0.1) is 0 Å². The third-order valence-electron chi connectivity index (χ3n) is 3.38. The van der Waals surface area contributed by atoms with Crippen LogP contribution in [-0.4, -0.2) is 30.6 Å². The van der Waals surface area contributed by atoms with Crippen molar-refractivity contribution in [2.24, 2.45) is 0 Å². The van der Waals surface area contributed by atoms with Crippen LogP contribution in [0.3, 0.4) is 0 Å². The van der Waals surface area contributed by atoms with E-state index in [4.69, 9.17) is 0 Å². The zero-order valence-corrected chi connectivity index (χ0v) is 12.3. The predicted molar refractivity (Wildman–Crippen MR) is 76.1 cm³/mol. The van der Waals surface area contributed by atoms with Gasteiger partial charge in [0.2, 0.25) is 0 Å². The first-order valence-electron chi connectivity index (χ1n) is 6.58. The predicted octanol–water partition coefficient (Wildman–Crippen LogP) is 3.16. The molecule has 1 saturated heterocycles. The second kappa shape index (κ2) is 6.64. The van der Waals surface area contributed by atoms with E-state index >= 15 is 0 Å². The van der Waals surface area contributed by atoms with Gasteiger partial charge in [-0.1, -0.05) is 22.9 Å². The lowest BCUT2D eigenvalue weighted by molar-refractivity contribution is 0.257. The topological polar surface area (TPSA) is 15.3 Å². The third-order valence-corrected chi connectivity index (χ3v) is 3.84. The van der Waals surface area contributed by atoms with Crippen LogP contribution in [0.1, 0.15) is 25.3 Å². The Hall–Kier alpha value is -0.450. The van der Waals surface area contributed by atoms with Gasteiger partial charge in [0.05, 0.1) is 0 Å². The van der Waals surface area contributed by atoms with E-state index in [2.05, 4.69) is 33.1 Å². The molecule has 0 spiro atoms. The summed E-state index contributed by atoms with van der Waals surface area (Å²) in [5.74, 6) is -0.167. The maximum atomic E-state index is 13.3. The molecule has 0 amide bonds. The lowest BCUT2D eigenvalue weighted by Gasteiger charge is -2.23. The second-order valence-electron chi connectivity index (χ2n) is 4.93. The highest BCUT2D eigenvalue weighted by atomic mass is 79.9. The molecule has 1 fully saturated rings. The van der Waals surface area contributed by atoms with E-state index in [0.29, 0.717) is 6.04 Å². The Labute approximate surface area is 117 Å². The summed E-state index contributed by atoms with van der Waals surface area (Å²) >= 11 is 3.35. The van der Waals surface area contributed by atoms with Gasteiger partial charge >= 0.3 is 0 Å². The average Bonchev–Trinajstić information content (AvgIpc) is 2.52. The van der Waals surface area contributed by atoms with E-state index in [0.717, 1.165) is 49.1 Å². The fourth-order valence-corrected chi connectivity index (χ4v) is 2.97. The van der Waals surface area contributed by atoms with Crippen molar-refractivity contribution in [3.8, 4) is 0 Å². The lowest BCUT2D eigenvalue weighted by atomic mass is 10.1. The van der Waals surface area contributed by atoms with E-state index in [1.807, 2.05) is 6.07 Å². The van der Waals surface area contributed by atoms with Crippen molar-refractivity contribution >= 4 is 15.9 Å². The van der Waals surface area contributed by atoms with Crippen LogP contribution in [0.15, 0.2) is 22.7 Å². The molecule has 0 radical (unpaired) electrons. The number of benzene rings is 1. The Morgan fingerprint density at radius 1 is 1.44 bits per heavy atom. The summed E-state index contributed by atoms with van der Waals surface area (Å²) in [7, 11) is 0. The summed E-state index contributed by atoms with van der Waals surface area (Å²) in [6.45, 7) is 6.25. The molecule has 1 atom stereocenters. The zero-order valence-electron chi connectivity index (χ0n) is 10.8. The van der Waals surface area contributed by atoms with Crippen molar-refractivity contribution in [2.75, 3.05) is 19.6 Å². The molecule has 18 heavy (non-hydrogen) atoms. The smallest absolute Gasteiger partial charge is 0.124 e. The van der Waals surface area contributed by atoms with Gasteiger partial charge in [-0.2, -0.15) is 0 Å². The molecule has 1 aliphatic heterocycles. The largest absolute Gasteiger partial charge is 0.313 e. The first kappa shape index (κ1) is 14.0. The third kappa shape index (κ3) is 4.04. The van der Waals surface area contributed by atoms with Crippen LogP contribution in [0.25, 0.3) is 0 Å². The molecule has 1 heterocycles. The standard InChI is InChI=1S/C14H20BrFN2/c1-2-14-10-18(5-3-4-17-14)9-11-6-12(15)8-13(16)7-11/h6-8,14,17H,2-5,9-10H2,1H3. The summed E-state index contributed by atoms with van der Waals surface area (Å²) < 4.78 is 14.2. The average molecular weight is 315 g/mol. The number of hydrogen-bond donors (Lipinski definition) is 1. The minimum atomic E-state index is -0.167. The summed E-state index contributed by atoms with van der Waals surface area (Å²) in [6, 6.07) is 5.69. The number of rotatable bonds is 3. The molecular formula is C14H20BrFN2. The highest BCUT2D eigenvalue weighted by Gasteiger charge is 2.16. The van der Waals surface area contributed by atoms with Gasteiger partial charge in [-0.25, -0.2) is 4.39 Å². The summed E-state index contributed by atoms with van der Waals surface area (Å²) in [5, 5.41) is 3.54. The van der Waals surface area contributed by atoms with E-state index in [1.165, 1.54) is 6.07 Å². The molecule has 2 rings (SSSR count). The zero-order chi connectivity index (χ0) is 13.0. The molecule has 1 aromatic carbocycles. The van der Waals surface area contributed by atoms with Crippen LogP contribution in [0.5, 0.6) is 0 Å². The van der Waals surface area contributed by atoms with Gasteiger partial charge in [0.1, 0.15) is 5.82 Å². The molecule has 4 heteroatoms. The van der Waals surface area contributed by atoms with Gasteiger partial charge in [0.15, 0.2) is 0 Å². The Morgan fingerprint density at radius 3 is 3.00 bits per heavy atom. The van der Waals surface area contributed by atoms with Gasteiger partial charge in [-0.05, 0) is 49.7 Å². The summed E-state index contributed by atoms with van der Waals surface area (Å²) in [5.41, 5.74) is 1.04. The number of nitrogens with one attached hydrogen (secondary N) is 1. The first-order chi connectivity index (χ1) is 8.67. The van der Waals surface area contributed by atoms with Crippen molar-refractivity contribution in [3.05, 3.63) is 34.1 Å². The molecule has 0 aromatic heterocycles. The molecule has 0 bridgehead atoms. The van der Waals surface area contributed by atoms with E-state index in [9.17, 15) is 4.39 Å². The van der Waals surface area contributed by atoms with E-state index < -0.39 is 0 Å². The van der Waals surface area contributed by atoms with E-state index in [-0.39, 0.29) is 5.82 Å². The maximum Gasteiger partial charge on any atom is 0.124 e. The number of nitrogens with zero attached hydrogens (tertiary/aromatic N) is 1. The van der Waals surface area contributed by atoms with Crippen molar-refractivity contribution < 1.29 is 4.39 Å². The molecule has 1 unspecified atom stereocenters. The maximum absolute atomic E-state index is 13.3. The van der Waals surface area contributed by atoms with Crippen molar-refractivity contribution in [1.82, 2.24) is 10.2 Å². The van der Waals surface area contributed by atoms with Gasteiger partial charge in [0.25, 0.3) is 0 Å². The van der Waals surface area contributed by atoms with Crippen LogP contribution in [0, 0.1) is 5.82 Å². The van der Waals surface area contributed by atoms with Gasteiger partial charge in [0, 0.05) is 23.6 Å². The quantitative estimate of drug-likeness (QED) is 0.922. The van der Waals surface area contributed by atoms with Crippen molar-refractivity contribution in [2.45, 2.75) is 32.4 Å². The van der Waals surface area contributed by atoms with Crippen molar-refractivity contribution in [1.29, 1.82) is 0 Å². The molecule has 100 valence electrons. The molecule has 2 nitrogen and oxygen atoms in total. The Kier molecular flexibility index (Phi) is 5.15. The Morgan fingerprint density at radius 2 is 2.28 bits per heavy atom. The summed E-state index contributed by atoms with van der Waals surface area (Å²) in [6.07, 6.45) is 2.30. The molecule has 0 aliphatic carbocycles. The fourth-order valence-electron chi connectivity index (χ4n) is 2.45. The molecule has 1 aromatic rings. The number of halogens is 2. The monoisotopic (exact) mass is 314 g/mol.